The minimum Gasteiger partial charge on any atom is -0.461 e. The molecule has 1 aromatic heterocycles. The summed E-state index contributed by atoms with van der Waals surface area (Å²) in [6, 6.07) is 16.8. The van der Waals surface area contributed by atoms with Crippen LogP contribution in [-0.4, -0.2) is 6.26 Å². The predicted molar refractivity (Wildman–Crippen MR) is 91.1 cm³/mol. The molecule has 0 saturated heterocycles. The van der Waals surface area contributed by atoms with Crippen LogP contribution in [0, 0.1) is 0 Å². The van der Waals surface area contributed by atoms with Crippen molar-refractivity contribution in [3.63, 3.8) is 0 Å². The Morgan fingerprint density at radius 1 is 1.05 bits per heavy atom. The number of aryl methyl sites for hydroxylation is 1. The second kappa shape index (κ2) is 6.27. The third-order valence-corrected chi connectivity index (χ3v) is 4.41. The average molecular weight is 297 g/mol. The van der Waals surface area contributed by atoms with E-state index in [4.69, 9.17) is 4.42 Å². The monoisotopic (exact) mass is 297 g/mol. The van der Waals surface area contributed by atoms with E-state index in [1.54, 1.807) is 11.8 Å². The first-order chi connectivity index (χ1) is 10.3. The molecule has 0 radical (unpaired) electrons. The van der Waals surface area contributed by atoms with Gasteiger partial charge in [0.15, 0.2) is 0 Å². The van der Waals surface area contributed by atoms with Crippen molar-refractivity contribution in [2.45, 2.75) is 24.8 Å². The average Bonchev–Trinajstić information content (AvgIpc) is 2.91. The normalized spacial score (nSPS) is 11.0. The highest BCUT2D eigenvalue weighted by atomic mass is 32.2. The second-order valence-electron chi connectivity index (χ2n) is 4.94. The molecule has 0 aliphatic heterocycles. The molecule has 0 spiro atoms. The molecule has 1 heterocycles. The third-order valence-electron chi connectivity index (χ3n) is 3.66. The minimum atomic E-state index is 0.790. The standard InChI is InChI=1S/C18H19NOS/c1-3-17-16(15-6-4-5-7-18(15)20-17)12-19-13-8-10-14(21-2)11-9-13/h4-11,19H,3,12H2,1-2H3. The number of anilines is 1. The van der Waals surface area contributed by atoms with Gasteiger partial charge in [0.1, 0.15) is 11.3 Å². The molecule has 1 N–H and O–H groups in total. The highest BCUT2D eigenvalue weighted by Gasteiger charge is 2.11. The van der Waals surface area contributed by atoms with Gasteiger partial charge in [-0.2, -0.15) is 0 Å². The molecule has 3 aromatic rings. The van der Waals surface area contributed by atoms with E-state index in [0.717, 1.165) is 30.0 Å². The summed E-state index contributed by atoms with van der Waals surface area (Å²) >= 11 is 1.76. The van der Waals surface area contributed by atoms with E-state index in [1.165, 1.54) is 15.8 Å². The van der Waals surface area contributed by atoms with Crippen LogP contribution in [0.5, 0.6) is 0 Å². The number of fused-ring (bicyclic) bond motifs is 1. The van der Waals surface area contributed by atoms with Crippen molar-refractivity contribution in [1.29, 1.82) is 0 Å². The molecule has 0 amide bonds. The number of thioether (sulfide) groups is 1. The SMILES string of the molecule is CCc1oc2ccccc2c1CNc1ccc(SC)cc1. The molecule has 3 rings (SSSR count). The van der Waals surface area contributed by atoms with Crippen LogP contribution in [0.4, 0.5) is 5.69 Å². The molecule has 0 saturated carbocycles. The Morgan fingerprint density at radius 3 is 2.52 bits per heavy atom. The fourth-order valence-corrected chi connectivity index (χ4v) is 2.94. The lowest BCUT2D eigenvalue weighted by molar-refractivity contribution is 0.551. The van der Waals surface area contributed by atoms with Gasteiger partial charge < -0.3 is 9.73 Å². The van der Waals surface area contributed by atoms with Crippen LogP contribution in [0.2, 0.25) is 0 Å². The molecule has 108 valence electrons. The Labute approximate surface area is 129 Å². The number of rotatable bonds is 5. The van der Waals surface area contributed by atoms with Crippen molar-refractivity contribution >= 4 is 28.4 Å². The molecule has 0 fully saturated rings. The molecule has 0 bridgehead atoms. The van der Waals surface area contributed by atoms with Crippen LogP contribution in [0.3, 0.4) is 0 Å². The van der Waals surface area contributed by atoms with Crippen LogP contribution in [-0.2, 0) is 13.0 Å². The Morgan fingerprint density at radius 2 is 1.81 bits per heavy atom. The van der Waals surface area contributed by atoms with E-state index in [9.17, 15) is 0 Å². The Hall–Kier alpha value is -1.87. The lowest BCUT2D eigenvalue weighted by Gasteiger charge is -2.07. The van der Waals surface area contributed by atoms with Gasteiger partial charge >= 0.3 is 0 Å². The maximum Gasteiger partial charge on any atom is 0.134 e. The van der Waals surface area contributed by atoms with Gasteiger partial charge in [-0.05, 0) is 36.6 Å². The molecule has 0 aliphatic carbocycles. The van der Waals surface area contributed by atoms with Crippen molar-refractivity contribution < 1.29 is 4.42 Å². The van der Waals surface area contributed by atoms with E-state index in [0.29, 0.717) is 0 Å². The van der Waals surface area contributed by atoms with Gasteiger partial charge in [-0.25, -0.2) is 0 Å². The lowest BCUT2D eigenvalue weighted by atomic mass is 10.1. The quantitative estimate of drug-likeness (QED) is 0.644. The van der Waals surface area contributed by atoms with Crippen LogP contribution >= 0.6 is 11.8 Å². The maximum absolute atomic E-state index is 5.93. The van der Waals surface area contributed by atoms with E-state index >= 15 is 0 Å². The summed E-state index contributed by atoms with van der Waals surface area (Å²) in [6.45, 7) is 2.92. The molecule has 2 aromatic carbocycles. The summed E-state index contributed by atoms with van der Waals surface area (Å²) < 4.78 is 5.93. The van der Waals surface area contributed by atoms with Gasteiger partial charge in [0.2, 0.25) is 0 Å². The molecule has 3 heteroatoms. The summed E-state index contributed by atoms with van der Waals surface area (Å²) in [5.74, 6) is 1.07. The van der Waals surface area contributed by atoms with E-state index in [1.807, 2.05) is 12.1 Å². The van der Waals surface area contributed by atoms with Crippen LogP contribution in [0.1, 0.15) is 18.2 Å². The summed E-state index contributed by atoms with van der Waals surface area (Å²) in [7, 11) is 0. The van der Waals surface area contributed by atoms with Crippen LogP contribution in [0.15, 0.2) is 57.8 Å². The van der Waals surface area contributed by atoms with E-state index in [-0.39, 0.29) is 0 Å². The zero-order chi connectivity index (χ0) is 14.7. The van der Waals surface area contributed by atoms with E-state index < -0.39 is 0 Å². The van der Waals surface area contributed by atoms with Crippen molar-refractivity contribution in [2.75, 3.05) is 11.6 Å². The van der Waals surface area contributed by atoms with Gasteiger partial charge in [0, 0.05) is 34.5 Å². The van der Waals surface area contributed by atoms with Crippen molar-refractivity contribution in [3.05, 3.63) is 59.9 Å². The highest BCUT2D eigenvalue weighted by Crippen LogP contribution is 2.27. The number of nitrogens with one attached hydrogen (secondary N) is 1. The lowest BCUT2D eigenvalue weighted by Crippen LogP contribution is -2.00. The smallest absolute Gasteiger partial charge is 0.134 e. The fraction of sp³-hybridized carbons (Fsp3) is 0.222. The minimum absolute atomic E-state index is 0.790. The van der Waals surface area contributed by atoms with Gasteiger partial charge in [0.05, 0.1) is 0 Å². The fourth-order valence-electron chi connectivity index (χ4n) is 2.53. The Kier molecular flexibility index (Phi) is 4.20. The molecule has 0 atom stereocenters. The topological polar surface area (TPSA) is 25.2 Å². The van der Waals surface area contributed by atoms with E-state index in [2.05, 4.69) is 54.9 Å². The first-order valence-electron chi connectivity index (χ1n) is 7.19. The summed E-state index contributed by atoms with van der Waals surface area (Å²) in [5.41, 5.74) is 3.38. The summed E-state index contributed by atoms with van der Waals surface area (Å²) in [4.78, 5) is 1.28. The van der Waals surface area contributed by atoms with Crippen molar-refractivity contribution in [1.82, 2.24) is 0 Å². The van der Waals surface area contributed by atoms with Gasteiger partial charge in [0.25, 0.3) is 0 Å². The van der Waals surface area contributed by atoms with Crippen molar-refractivity contribution in [3.8, 4) is 0 Å². The van der Waals surface area contributed by atoms with Crippen LogP contribution in [0.25, 0.3) is 11.0 Å². The largest absolute Gasteiger partial charge is 0.461 e. The number of hydrogen-bond acceptors (Lipinski definition) is 3. The maximum atomic E-state index is 5.93. The molecule has 0 aliphatic rings. The molecule has 2 nitrogen and oxygen atoms in total. The molecule has 0 unspecified atom stereocenters. The first-order valence-corrected chi connectivity index (χ1v) is 8.41. The van der Waals surface area contributed by atoms with Crippen LogP contribution < -0.4 is 5.32 Å². The van der Waals surface area contributed by atoms with Gasteiger partial charge in [-0.3, -0.25) is 0 Å². The zero-order valence-electron chi connectivity index (χ0n) is 12.3. The summed E-state index contributed by atoms with van der Waals surface area (Å²) in [5, 5.41) is 4.71. The molecular formula is C18H19NOS. The van der Waals surface area contributed by atoms with Gasteiger partial charge in [-0.15, -0.1) is 11.8 Å². The molecule has 21 heavy (non-hydrogen) atoms. The predicted octanol–water partition coefficient (Wildman–Crippen LogP) is 5.33. The van der Waals surface area contributed by atoms with Gasteiger partial charge in [-0.1, -0.05) is 25.1 Å². The zero-order valence-corrected chi connectivity index (χ0v) is 13.2. The third kappa shape index (κ3) is 2.93. The number of para-hydroxylation sites is 1. The number of furan rings is 1. The number of benzene rings is 2. The number of hydrogen-bond donors (Lipinski definition) is 1. The molecular weight excluding hydrogens is 278 g/mol. The highest BCUT2D eigenvalue weighted by molar-refractivity contribution is 7.98. The summed E-state index contributed by atoms with van der Waals surface area (Å²) in [6.07, 6.45) is 3.00. The first kappa shape index (κ1) is 14.1. The Balaban J connectivity index is 1.83. The second-order valence-corrected chi connectivity index (χ2v) is 5.82. The Bertz CT molecular complexity index is 731. The van der Waals surface area contributed by atoms with Crippen molar-refractivity contribution in [2.24, 2.45) is 0 Å².